The summed E-state index contributed by atoms with van der Waals surface area (Å²) in [5.41, 5.74) is 2.44. The fraction of sp³-hybridized carbons (Fsp3) is 0.733. The molecule has 1 rings (SSSR count). The molecule has 0 aromatic carbocycles. The fourth-order valence-corrected chi connectivity index (χ4v) is 2.14. The molecule has 0 spiro atoms. The van der Waals surface area contributed by atoms with E-state index in [2.05, 4.69) is 62.0 Å². The van der Waals surface area contributed by atoms with Crippen molar-refractivity contribution in [3.05, 3.63) is 17.1 Å². The first-order valence-electron chi connectivity index (χ1n) is 7.10. The van der Waals surface area contributed by atoms with Gasteiger partial charge in [-0.1, -0.05) is 27.7 Å². The lowest BCUT2D eigenvalue weighted by Crippen LogP contribution is -2.22. The number of aromatic nitrogens is 2. The average molecular weight is 264 g/mol. The molecule has 0 atom stereocenters. The Hall–Kier alpha value is -1.16. The van der Waals surface area contributed by atoms with Gasteiger partial charge in [0.05, 0.1) is 5.69 Å². The van der Waals surface area contributed by atoms with Crippen molar-refractivity contribution in [1.82, 2.24) is 14.9 Å². The van der Waals surface area contributed by atoms with E-state index < -0.39 is 0 Å². The van der Waals surface area contributed by atoms with Gasteiger partial charge in [0.25, 0.3) is 0 Å². The van der Waals surface area contributed by atoms with Crippen LogP contribution in [0, 0.1) is 6.92 Å². The first kappa shape index (κ1) is 15.9. The number of anilines is 1. The molecule has 1 aromatic rings. The number of hydrogen-bond donors (Lipinski definition) is 1. The second kappa shape index (κ2) is 6.85. The highest BCUT2D eigenvalue weighted by atomic mass is 15.1. The van der Waals surface area contributed by atoms with Crippen LogP contribution in [0.15, 0.2) is 0 Å². The second-order valence-corrected chi connectivity index (χ2v) is 5.96. The molecule has 0 unspecified atom stereocenters. The van der Waals surface area contributed by atoms with Crippen LogP contribution in [0.1, 0.15) is 56.6 Å². The predicted molar refractivity (Wildman–Crippen MR) is 82.0 cm³/mol. The Morgan fingerprint density at radius 1 is 1.05 bits per heavy atom. The van der Waals surface area contributed by atoms with Gasteiger partial charge in [0.2, 0.25) is 0 Å². The van der Waals surface area contributed by atoms with Crippen LogP contribution in [-0.2, 0) is 0 Å². The van der Waals surface area contributed by atoms with Gasteiger partial charge in [-0.25, -0.2) is 9.97 Å². The van der Waals surface area contributed by atoms with E-state index in [1.54, 1.807) is 0 Å². The number of hydrogen-bond acceptors (Lipinski definition) is 4. The maximum Gasteiger partial charge on any atom is 0.133 e. The smallest absolute Gasteiger partial charge is 0.133 e. The first-order valence-corrected chi connectivity index (χ1v) is 7.10. The van der Waals surface area contributed by atoms with Gasteiger partial charge in [0.1, 0.15) is 11.6 Å². The third-order valence-electron chi connectivity index (χ3n) is 3.06. The van der Waals surface area contributed by atoms with Crippen molar-refractivity contribution in [3.63, 3.8) is 0 Å². The largest absolute Gasteiger partial charge is 0.368 e. The molecule has 108 valence electrons. The van der Waals surface area contributed by atoms with Crippen LogP contribution in [0.2, 0.25) is 0 Å². The topological polar surface area (TPSA) is 41.1 Å². The number of nitrogens with one attached hydrogen (secondary N) is 1. The summed E-state index contributed by atoms with van der Waals surface area (Å²) < 4.78 is 0. The number of aryl methyl sites for hydroxylation is 1. The van der Waals surface area contributed by atoms with E-state index in [9.17, 15) is 0 Å². The molecule has 0 radical (unpaired) electrons. The lowest BCUT2D eigenvalue weighted by molar-refractivity contribution is 0.425. The van der Waals surface area contributed by atoms with E-state index in [-0.39, 0.29) is 0 Å². The molecule has 0 amide bonds. The summed E-state index contributed by atoms with van der Waals surface area (Å²) in [5, 5.41) is 3.47. The molecule has 0 aliphatic heterocycles. The van der Waals surface area contributed by atoms with Crippen LogP contribution in [0.5, 0.6) is 0 Å². The Balaban J connectivity index is 3.06. The standard InChI is InChI=1S/C15H28N4/c1-10(2)13-14(11(3)4)17-12(5)18-15(13)16-8-9-19(6)7/h10-11H,8-9H2,1-7H3,(H,16,17,18). The lowest BCUT2D eigenvalue weighted by atomic mass is 9.95. The molecule has 0 aliphatic rings. The Kier molecular flexibility index (Phi) is 5.73. The van der Waals surface area contributed by atoms with Crippen LogP contribution in [-0.4, -0.2) is 42.1 Å². The van der Waals surface area contributed by atoms with Gasteiger partial charge < -0.3 is 10.2 Å². The van der Waals surface area contributed by atoms with Gasteiger partial charge in [0, 0.05) is 18.7 Å². The van der Waals surface area contributed by atoms with Crippen molar-refractivity contribution in [3.8, 4) is 0 Å². The summed E-state index contributed by atoms with van der Waals surface area (Å²) >= 11 is 0. The van der Waals surface area contributed by atoms with Crippen molar-refractivity contribution in [2.45, 2.75) is 46.5 Å². The van der Waals surface area contributed by atoms with E-state index in [0.29, 0.717) is 11.8 Å². The zero-order chi connectivity index (χ0) is 14.6. The maximum atomic E-state index is 4.64. The van der Waals surface area contributed by atoms with Crippen LogP contribution in [0.3, 0.4) is 0 Å². The maximum absolute atomic E-state index is 4.64. The molecule has 0 fully saturated rings. The SMILES string of the molecule is Cc1nc(NCCN(C)C)c(C(C)C)c(C(C)C)n1. The highest BCUT2D eigenvalue weighted by Gasteiger charge is 2.18. The minimum absolute atomic E-state index is 0.425. The number of rotatable bonds is 6. The van der Waals surface area contributed by atoms with Crippen LogP contribution in [0.4, 0.5) is 5.82 Å². The molecule has 0 aliphatic carbocycles. The zero-order valence-electron chi connectivity index (χ0n) is 13.4. The van der Waals surface area contributed by atoms with Gasteiger partial charge >= 0.3 is 0 Å². The van der Waals surface area contributed by atoms with Crippen molar-refractivity contribution < 1.29 is 0 Å². The minimum atomic E-state index is 0.425. The van der Waals surface area contributed by atoms with E-state index in [1.807, 2.05) is 6.92 Å². The van der Waals surface area contributed by atoms with Crippen LogP contribution in [0.25, 0.3) is 0 Å². The summed E-state index contributed by atoms with van der Waals surface area (Å²) in [6.07, 6.45) is 0. The normalized spacial score (nSPS) is 11.7. The number of likely N-dealkylation sites (N-methyl/N-ethyl adjacent to an activating group) is 1. The summed E-state index contributed by atoms with van der Waals surface area (Å²) in [7, 11) is 4.16. The number of nitrogens with zero attached hydrogens (tertiary/aromatic N) is 3. The fourth-order valence-electron chi connectivity index (χ4n) is 2.14. The Morgan fingerprint density at radius 3 is 2.16 bits per heavy atom. The average Bonchev–Trinajstić information content (AvgIpc) is 2.26. The molecule has 4 heteroatoms. The Labute approximate surface area is 117 Å². The Bertz CT molecular complexity index is 411. The van der Waals surface area contributed by atoms with E-state index in [0.717, 1.165) is 24.7 Å². The zero-order valence-corrected chi connectivity index (χ0v) is 13.4. The van der Waals surface area contributed by atoms with Gasteiger partial charge in [-0.2, -0.15) is 0 Å². The van der Waals surface area contributed by atoms with Gasteiger partial charge in [-0.3, -0.25) is 0 Å². The predicted octanol–water partition coefficient (Wildman–Crippen LogP) is 3.01. The highest BCUT2D eigenvalue weighted by Crippen LogP contribution is 2.29. The van der Waals surface area contributed by atoms with Crippen molar-refractivity contribution in [2.24, 2.45) is 0 Å². The highest BCUT2D eigenvalue weighted by molar-refractivity contribution is 5.49. The van der Waals surface area contributed by atoms with Crippen molar-refractivity contribution in [1.29, 1.82) is 0 Å². The third kappa shape index (κ3) is 4.46. The lowest BCUT2D eigenvalue weighted by Gasteiger charge is -2.20. The summed E-state index contributed by atoms with van der Waals surface area (Å²) in [6.45, 7) is 12.7. The van der Waals surface area contributed by atoms with Crippen LogP contribution < -0.4 is 5.32 Å². The molecule has 1 heterocycles. The summed E-state index contributed by atoms with van der Waals surface area (Å²) in [4.78, 5) is 11.4. The molecule has 19 heavy (non-hydrogen) atoms. The van der Waals surface area contributed by atoms with Gasteiger partial charge in [-0.15, -0.1) is 0 Å². The third-order valence-corrected chi connectivity index (χ3v) is 3.06. The quantitative estimate of drug-likeness (QED) is 0.857. The van der Waals surface area contributed by atoms with Gasteiger partial charge in [0.15, 0.2) is 0 Å². The minimum Gasteiger partial charge on any atom is -0.368 e. The molecular formula is C15H28N4. The summed E-state index contributed by atoms with van der Waals surface area (Å²) in [5.74, 6) is 2.71. The molecule has 4 nitrogen and oxygen atoms in total. The monoisotopic (exact) mass is 264 g/mol. The Morgan fingerprint density at radius 2 is 1.68 bits per heavy atom. The molecule has 0 saturated heterocycles. The van der Waals surface area contributed by atoms with E-state index in [4.69, 9.17) is 0 Å². The van der Waals surface area contributed by atoms with Gasteiger partial charge in [-0.05, 0) is 32.9 Å². The van der Waals surface area contributed by atoms with E-state index >= 15 is 0 Å². The first-order chi connectivity index (χ1) is 8.82. The van der Waals surface area contributed by atoms with E-state index in [1.165, 1.54) is 11.3 Å². The van der Waals surface area contributed by atoms with Crippen molar-refractivity contribution in [2.75, 3.05) is 32.5 Å². The molecule has 1 aromatic heterocycles. The molecule has 1 N–H and O–H groups in total. The molecule has 0 bridgehead atoms. The van der Waals surface area contributed by atoms with Crippen LogP contribution >= 0.6 is 0 Å². The summed E-state index contributed by atoms with van der Waals surface area (Å²) in [6, 6.07) is 0. The van der Waals surface area contributed by atoms with Crippen molar-refractivity contribution >= 4 is 5.82 Å². The molecular weight excluding hydrogens is 236 g/mol. The second-order valence-electron chi connectivity index (χ2n) is 5.96. The molecule has 0 saturated carbocycles.